The van der Waals surface area contributed by atoms with Crippen molar-refractivity contribution in [1.82, 2.24) is 9.78 Å². The first kappa shape index (κ1) is 17.0. The number of fused-ring (bicyclic) bond motifs is 1. The highest BCUT2D eigenvalue weighted by molar-refractivity contribution is 5.88. The van der Waals surface area contributed by atoms with E-state index in [9.17, 15) is 4.79 Å². The summed E-state index contributed by atoms with van der Waals surface area (Å²) in [6.45, 7) is 2.82. The monoisotopic (exact) mass is 338 g/mol. The summed E-state index contributed by atoms with van der Waals surface area (Å²) in [6.07, 6.45) is 11.7. The molecule has 0 aliphatic heterocycles. The molecule has 5 heteroatoms. The normalized spacial score (nSPS) is 14.0. The molecule has 0 radical (unpaired) electrons. The quantitative estimate of drug-likeness (QED) is 0.897. The fraction of sp³-hybridized carbons (Fsp3) is 0.300. The van der Waals surface area contributed by atoms with Gasteiger partial charge in [0.05, 0.1) is 23.6 Å². The van der Waals surface area contributed by atoms with Crippen LogP contribution in [0.15, 0.2) is 54.4 Å². The van der Waals surface area contributed by atoms with Gasteiger partial charge < -0.3 is 9.84 Å². The zero-order chi connectivity index (χ0) is 17.6. The molecule has 130 valence electrons. The van der Waals surface area contributed by atoms with Gasteiger partial charge in [-0.3, -0.25) is 0 Å². The molecule has 2 aromatic rings. The minimum atomic E-state index is -0.934. The van der Waals surface area contributed by atoms with Crippen LogP contribution in [-0.2, 0) is 17.6 Å². The predicted octanol–water partition coefficient (Wildman–Crippen LogP) is 3.93. The molecule has 1 aromatic heterocycles. The van der Waals surface area contributed by atoms with Crippen molar-refractivity contribution in [2.45, 2.75) is 32.6 Å². The van der Waals surface area contributed by atoms with E-state index in [0.29, 0.717) is 0 Å². The Morgan fingerprint density at radius 1 is 1.40 bits per heavy atom. The van der Waals surface area contributed by atoms with Crippen LogP contribution in [0.4, 0.5) is 0 Å². The average Bonchev–Trinajstić information content (AvgIpc) is 3.04. The zero-order valence-corrected chi connectivity index (χ0v) is 14.3. The Morgan fingerprint density at radius 3 is 3.08 bits per heavy atom. The lowest BCUT2D eigenvalue weighted by molar-refractivity contribution is 0.0697. The highest BCUT2D eigenvalue weighted by Crippen LogP contribution is 2.19. The van der Waals surface area contributed by atoms with Crippen LogP contribution in [0.2, 0.25) is 0 Å². The molecule has 0 spiro atoms. The van der Waals surface area contributed by atoms with E-state index in [0.717, 1.165) is 49.4 Å². The molecule has 1 aliphatic rings. The third-order valence-corrected chi connectivity index (χ3v) is 4.06. The van der Waals surface area contributed by atoms with Crippen LogP contribution >= 0.6 is 0 Å². The molecule has 0 atom stereocenters. The number of rotatable bonds is 5. The lowest BCUT2D eigenvalue weighted by Crippen LogP contribution is -2.00. The minimum Gasteiger partial charge on any atom is -0.494 e. The van der Waals surface area contributed by atoms with Crippen molar-refractivity contribution in [2.75, 3.05) is 6.61 Å². The number of aromatic carboxylic acids is 1. The average molecular weight is 338 g/mol. The maximum absolute atomic E-state index is 11.2. The molecule has 25 heavy (non-hydrogen) atoms. The molecule has 1 aromatic carbocycles. The third-order valence-electron chi connectivity index (χ3n) is 4.06. The van der Waals surface area contributed by atoms with Crippen LogP contribution in [0.5, 0.6) is 0 Å². The summed E-state index contributed by atoms with van der Waals surface area (Å²) >= 11 is 0. The highest BCUT2D eigenvalue weighted by Gasteiger charge is 2.12. The van der Waals surface area contributed by atoms with E-state index < -0.39 is 5.97 Å². The lowest BCUT2D eigenvalue weighted by Gasteiger charge is -2.05. The Kier molecular flexibility index (Phi) is 5.33. The number of hydrogen-bond donors (Lipinski definition) is 1. The molecular formula is C20H22N2O3. The van der Waals surface area contributed by atoms with Crippen molar-refractivity contribution >= 4 is 5.97 Å². The van der Waals surface area contributed by atoms with Gasteiger partial charge in [0.25, 0.3) is 0 Å². The van der Waals surface area contributed by atoms with E-state index in [4.69, 9.17) is 9.84 Å². The number of allylic oxidation sites excluding steroid dienone is 3. The van der Waals surface area contributed by atoms with E-state index in [-0.39, 0.29) is 5.56 Å². The number of nitrogens with zero attached hydrogens (tertiary/aromatic N) is 2. The van der Waals surface area contributed by atoms with E-state index in [1.165, 1.54) is 5.56 Å². The summed E-state index contributed by atoms with van der Waals surface area (Å²) in [6, 6.07) is 6.83. The Hall–Kier alpha value is -2.82. The fourth-order valence-electron chi connectivity index (χ4n) is 2.79. The number of ether oxygens (including phenoxy) is 1. The van der Waals surface area contributed by atoms with Gasteiger partial charge in [-0.25, -0.2) is 9.48 Å². The Morgan fingerprint density at radius 2 is 2.28 bits per heavy atom. The smallest absolute Gasteiger partial charge is 0.335 e. The SMILES string of the molecule is CCCOC1=CCCc2cn(-c3cccc(C(=O)O)c3)nc2CC=C1. The van der Waals surface area contributed by atoms with Crippen LogP contribution in [0, 0.1) is 0 Å². The molecule has 0 saturated heterocycles. The van der Waals surface area contributed by atoms with Crippen molar-refractivity contribution in [3.63, 3.8) is 0 Å². The molecule has 0 amide bonds. The summed E-state index contributed by atoms with van der Waals surface area (Å²) in [7, 11) is 0. The molecule has 1 aliphatic carbocycles. The van der Waals surface area contributed by atoms with Crippen molar-refractivity contribution < 1.29 is 14.6 Å². The predicted molar refractivity (Wildman–Crippen MR) is 96.0 cm³/mol. The second-order valence-corrected chi connectivity index (χ2v) is 6.00. The van der Waals surface area contributed by atoms with Crippen LogP contribution in [0.25, 0.3) is 5.69 Å². The Balaban J connectivity index is 1.82. The Labute approximate surface area is 147 Å². The van der Waals surface area contributed by atoms with Crippen LogP contribution < -0.4 is 0 Å². The van der Waals surface area contributed by atoms with Gasteiger partial charge in [-0.05, 0) is 55.2 Å². The van der Waals surface area contributed by atoms with E-state index >= 15 is 0 Å². The second-order valence-electron chi connectivity index (χ2n) is 6.00. The number of carboxylic acid groups (broad SMARTS) is 1. The number of hydrogen-bond acceptors (Lipinski definition) is 3. The zero-order valence-electron chi connectivity index (χ0n) is 14.3. The molecule has 0 fully saturated rings. The van der Waals surface area contributed by atoms with Crippen LogP contribution in [0.3, 0.4) is 0 Å². The summed E-state index contributed by atoms with van der Waals surface area (Å²) in [4.78, 5) is 11.2. The van der Waals surface area contributed by atoms with Gasteiger partial charge in [0, 0.05) is 12.6 Å². The molecule has 0 unspecified atom stereocenters. The van der Waals surface area contributed by atoms with Crippen LogP contribution in [-0.4, -0.2) is 27.5 Å². The molecule has 1 N–H and O–H groups in total. The molecule has 0 saturated carbocycles. The maximum atomic E-state index is 11.2. The topological polar surface area (TPSA) is 64.3 Å². The standard InChI is InChI=1S/C20H22N2O3/c1-2-12-25-18-9-4-7-16-14-22(21-19(16)11-5-10-18)17-8-3-6-15(13-17)20(23)24/h3,5-6,8-10,13-14H,2,4,7,11-12H2,1H3,(H,23,24). The van der Waals surface area contributed by atoms with Gasteiger partial charge in [-0.1, -0.05) is 19.1 Å². The molecule has 0 bridgehead atoms. The summed E-state index contributed by atoms with van der Waals surface area (Å²) < 4.78 is 7.49. The van der Waals surface area contributed by atoms with Gasteiger partial charge in [-0.15, -0.1) is 0 Å². The van der Waals surface area contributed by atoms with Gasteiger partial charge in [-0.2, -0.15) is 5.10 Å². The fourth-order valence-corrected chi connectivity index (χ4v) is 2.79. The van der Waals surface area contributed by atoms with Crippen molar-refractivity contribution in [3.05, 3.63) is 71.3 Å². The molecule has 5 nitrogen and oxygen atoms in total. The second kappa shape index (κ2) is 7.83. The number of aromatic nitrogens is 2. The Bertz CT molecular complexity index is 818. The first-order valence-electron chi connectivity index (χ1n) is 8.58. The number of carbonyl (C=O) groups is 1. The molecule has 3 rings (SSSR count). The molecule has 1 heterocycles. The first-order valence-corrected chi connectivity index (χ1v) is 8.58. The highest BCUT2D eigenvalue weighted by atomic mass is 16.5. The van der Waals surface area contributed by atoms with Gasteiger partial charge in [0.2, 0.25) is 0 Å². The van der Waals surface area contributed by atoms with Crippen molar-refractivity contribution in [3.8, 4) is 5.69 Å². The number of benzene rings is 1. The van der Waals surface area contributed by atoms with Gasteiger partial charge >= 0.3 is 5.97 Å². The van der Waals surface area contributed by atoms with Gasteiger partial charge in [0.15, 0.2) is 0 Å². The van der Waals surface area contributed by atoms with Crippen molar-refractivity contribution in [1.29, 1.82) is 0 Å². The van der Waals surface area contributed by atoms with E-state index in [1.807, 2.05) is 18.3 Å². The van der Waals surface area contributed by atoms with Crippen molar-refractivity contribution in [2.24, 2.45) is 0 Å². The summed E-state index contributed by atoms with van der Waals surface area (Å²) in [5.41, 5.74) is 3.22. The van der Waals surface area contributed by atoms with Gasteiger partial charge in [0.1, 0.15) is 5.76 Å². The first-order chi connectivity index (χ1) is 12.2. The maximum Gasteiger partial charge on any atom is 0.335 e. The van der Waals surface area contributed by atoms with E-state index in [2.05, 4.69) is 24.2 Å². The minimum absolute atomic E-state index is 0.262. The number of aryl methyl sites for hydroxylation is 1. The molecular weight excluding hydrogens is 316 g/mol. The summed E-state index contributed by atoms with van der Waals surface area (Å²) in [5.74, 6) is -0.00873. The largest absolute Gasteiger partial charge is 0.494 e. The summed E-state index contributed by atoms with van der Waals surface area (Å²) in [5, 5.41) is 13.8. The van der Waals surface area contributed by atoms with Crippen LogP contribution in [0.1, 0.15) is 41.4 Å². The third kappa shape index (κ3) is 4.18. The van der Waals surface area contributed by atoms with E-state index in [1.54, 1.807) is 22.9 Å². The lowest BCUT2D eigenvalue weighted by atomic mass is 10.1. The number of carboxylic acids is 1.